The van der Waals surface area contributed by atoms with E-state index in [0.717, 1.165) is 17.1 Å². The van der Waals surface area contributed by atoms with Gasteiger partial charge in [0, 0.05) is 18.8 Å². The zero-order chi connectivity index (χ0) is 16.1. The molecule has 1 aliphatic heterocycles. The van der Waals surface area contributed by atoms with Crippen molar-refractivity contribution in [2.24, 2.45) is 10.1 Å². The molecular formula is C16H24N3OP. The minimum atomic E-state index is -0.192. The molecule has 114 valence electrons. The van der Waals surface area contributed by atoms with Gasteiger partial charge >= 0.3 is 0 Å². The predicted octanol–water partition coefficient (Wildman–Crippen LogP) is 3.86. The summed E-state index contributed by atoms with van der Waals surface area (Å²) in [5, 5.41) is 4.03. The fourth-order valence-corrected chi connectivity index (χ4v) is 1.59. The second kappa shape index (κ2) is 12.0. The maximum atomic E-state index is 5.32. The summed E-state index contributed by atoms with van der Waals surface area (Å²) in [5.74, 6) is 0. The molecule has 1 aliphatic rings. The molecular weight excluding hydrogens is 281 g/mol. The highest BCUT2D eigenvalue weighted by atomic mass is 31.0. The van der Waals surface area contributed by atoms with Gasteiger partial charge in [0.15, 0.2) is 6.10 Å². The minimum absolute atomic E-state index is 0.192. The van der Waals surface area contributed by atoms with Crippen molar-refractivity contribution >= 4 is 20.7 Å². The molecule has 0 saturated carbocycles. The average molecular weight is 305 g/mol. The van der Waals surface area contributed by atoms with Gasteiger partial charge in [-0.3, -0.25) is 9.98 Å². The van der Waals surface area contributed by atoms with Crippen LogP contribution in [0.15, 0.2) is 60.0 Å². The Morgan fingerprint density at radius 1 is 1.38 bits per heavy atom. The van der Waals surface area contributed by atoms with Crippen LogP contribution in [-0.4, -0.2) is 29.2 Å². The van der Waals surface area contributed by atoms with Crippen LogP contribution < -0.4 is 0 Å². The monoisotopic (exact) mass is 305 g/mol. The van der Waals surface area contributed by atoms with Crippen molar-refractivity contribution in [2.45, 2.75) is 26.4 Å². The van der Waals surface area contributed by atoms with Gasteiger partial charge in [-0.25, -0.2) is 0 Å². The molecule has 0 N–H and O–H groups in total. The van der Waals surface area contributed by atoms with Crippen LogP contribution in [0.25, 0.3) is 0 Å². The van der Waals surface area contributed by atoms with Crippen molar-refractivity contribution in [3.63, 3.8) is 0 Å². The molecule has 21 heavy (non-hydrogen) atoms. The van der Waals surface area contributed by atoms with E-state index in [4.69, 9.17) is 4.84 Å². The van der Waals surface area contributed by atoms with Crippen molar-refractivity contribution in [3.05, 3.63) is 55.5 Å². The highest BCUT2D eigenvalue weighted by molar-refractivity contribution is 7.15. The molecule has 0 saturated heterocycles. The number of nitrogens with zero attached hydrogens (tertiary/aromatic N) is 3. The fourth-order valence-electron chi connectivity index (χ4n) is 1.59. The smallest absolute Gasteiger partial charge is 0.174 e. The minimum Gasteiger partial charge on any atom is -0.385 e. The van der Waals surface area contributed by atoms with Crippen molar-refractivity contribution in [1.82, 2.24) is 4.98 Å². The van der Waals surface area contributed by atoms with Crippen molar-refractivity contribution in [1.29, 1.82) is 0 Å². The molecule has 0 bridgehead atoms. The molecule has 0 aromatic carbocycles. The normalized spacial score (nSPS) is 16.3. The van der Waals surface area contributed by atoms with Crippen LogP contribution >= 0.6 is 9.24 Å². The first-order valence-electron chi connectivity index (χ1n) is 6.88. The number of hydrogen-bond acceptors (Lipinski definition) is 4. The molecule has 2 unspecified atom stereocenters. The van der Waals surface area contributed by atoms with E-state index < -0.39 is 0 Å². The molecule has 0 radical (unpaired) electrons. The van der Waals surface area contributed by atoms with Crippen LogP contribution in [0.3, 0.4) is 0 Å². The molecule has 0 aliphatic carbocycles. The first kappa shape index (κ1) is 19.2. The van der Waals surface area contributed by atoms with E-state index in [1.54, 1.807) is 12.3 Å². The summed E-state index contributed by atoms with van der Waals surface area (Å²) in [5.41, 5.74) is 2.39. The lowest BCUT2D eigenvalue weighted by molar-refractivity contribution is 0.133. The van der Waals surface area contributed by atoms with Gasteiger partial charge in [-0.15, -0.1) is 9.24 Å². The van der Waals surface area contributed by atoms with Crippen molar-refractivity contribution in [2.75, 3.05) is 6.66 Å². The Morgan fingerprint density at radius 3 is 2.62 bits per heavy atom. The van der Waals surface area contributed by atoms with Crippen LogP contribution in [0.1, 0.15) is 26.0 Å². The standard InChI is InChI=1S/C13H13N3O.C2H6.CH5P/c1-3-10(14-4-2)13-9-12(16-17-13)11-7-5-6-8-15-11;2*1-2/h3-8,13H,1-2,9H2;1-2H3;2H2,1H3. The van der Waals surface area contributed by atoms with E-state index in [0.29, 0.717) is 6.42 Å². The van der Waals surface area contributed by atoms with Gasteiger partial charge in [0.05, 0.1) is 11.4 Å². The van der Waals surface area contributed by atoms with Crippen LogP contribution in [-0.2, 0) is 4.84 Å². The second-order valence-corrected chi connectivity index (χ2v) is 3.49. The predicted molar refractivity (Wildman–Crippen MR) is 95.1 cm³/mol. The summed E-state index contributed by atoms with van der Waals surface area (Å²) in [6, 6.07) is 5.69. The first-order valence-corrected chi connectivity index (χ1v) is 8.03. The molecule has 1 aromatic heterocycles. The van der Waals surface area contributed by atoms with Gasteiger partial charge in [-0.2, -0.15) is 0 Å². The topological polar surface area (TPSA) is 46.8 Å². The molecule has 0 fully saturated rings. The third-order valence-electron chi connectivity index (χ3n) is 2.41. The molecule has 0 amide bonds. The van der Waals surface area contributed by atoms with E-state index in [-0.39, 0.29) is 6.10 Å². The first-order chi connectivity index (χ1) is 10.3. The second-order valence-electron chi connectivity index (χ2n) is 3.49. The van der Waals surface area contributed by atoms with Gasteiger partial charge < -0.3 is 4.84 Å². The lowest BCUT2D eigenvalue weighted by atomic mass is 10.1. The van der Waals surface area contributed by atoms with Crippen LogP contribution in [0, 0.1) is 0 Å². The molecule has 1 aromatic rings. The zero-order valence-electron chi connectivity index (χ0n) is 13.0. The van der Waals surface area contributed by atoms with E-state index in [2.05, 4.69) is 37.5 Å². The molecule has 0 spiro atoms. The average Bonchev–Trinajstić information content (AvgIpc) is 3.07. The summed E-state index contributed by atoms with van der Waals surface area (Å²) < 4.78 is 0. The number of aliphatic imine (C=N–C) groups is 1. The molecule has 5 heteroatoms. The maximum absolute atomic E-state index is 5.32. The molecule has 2 rings (SSSR count). The summed E-state index contributed by atoms with van der Waals surface area (Å²) in [6.45, 7) is 13.2. The Kier molecular flexibility index (Phi) is 11.0. The Bertz CT molecular complexity index is 484. The number of rotatable bonds is 4. The van der Waals surface area contributed by atoms with E-state index in [1.165, 1.54) is 6.20 Å². The Labute approximate surface area is 129 Å². The van der Waals surface area contributed by atoms with Crippen LogP contribution in [0.5, 0.6) is 0 Å². The lowest BCUT2D eigenvalue weighted by Gasteiger charge is -2.06. The zero-order valence-corrected chi connectivity index (χ0v) is 14.1. The summed E-state index contributed by atoms with van der Waals surface area (Å²) >= 11 is 0. The van der Waals surface area contributed by atoms with Crippen molar-refractivity contribution in [3.8, 4) is 0 Å². The summed E-state index contributed by atoms with van der Waals surface area (Å²) in [6.07, 6.45) is 5.32. The van der Waals surface area contributed by atoms with E-state index in [9.17, 15) is 0 Å². The van der Waals surface area contributed by atoms with Gasteiger partial charge in [0.25, 0.3) is 0 Å². The highest BCUT2D eigenvalue weighted by Crippen LogP contribution is 2.17. The Balaban J connectivity index is 0.000000921. The van der Waals surface area contributed by atoms with Gasteiger partial charge in [0.2, 0.25) is 0 Å². The van der Waals surface area contributed by atoms with Gasteiger partial charge in [0.1, 0.15) is 5.71 Å². The third kappa shape index (κ3) is 6.01. The lowest BCUT2D eigenvalue weighted by Crippen LogP contribution is -2.19. The van der Waals surface area contributed by atoms with Gasteiger partial charge in [-0.05, 0) is 18.2 Å². The summed E-state index contributed by atoms with van der Waals surface area (Å²) in [4.78, 5) is 13.6. The number of hydrogen-bond donors (Lipinski definition) is 0. The summed E-state index contributed by atoms with van der Waals surface area (Å²) in [7, 11) is 2.42. The van der Waals surface area contributed by atoms with Crippen molar-refractivity contribution < 1.29 is 4.84 Å². The molecule has 2 heterocycles. The van der Waals surface area contributed by atoms with Gasteiger partial charge in [-0.1, -0.05) is 44.9 Å². The molecule has 4 nitrogen and oxygen atoms in total. The SMILES string of the molecule is C=CN=C(C=C)C1CC(c2ccccn2)=NO1.CC.CP. The quantitative estimate of drug-likeness (QED) is 0.626. The molecule has 2 atom stereocenters. The number of aromatic nitrogens is 1. The highest BCUT2D eigenvalue weighted by Gasteiger charge is 2.25. The Hall–Kier alpha value is -1.80. The number of oxime groups is 1. The van der Waals surface area contributed by atoms with Crippen LogP contribution in [0.2, 0.25) is 0 Å². The fraction of sp³-hybridized carbons (Fsp3) is 0.312. The van der Waals surface area contributed by atoms with Crippen LogP contribution in [0.4, 0.5) is 0 Å². The maximum Gasteiger partial charge on any atom is 0.174 e. The number of pyridine rings is 1. The van der Waals surface area contributed by atoms with E-state index >= 15 is 0 Å². The largest absolute Gasteiger partial charge is 0.385 e. The third-order valence-corrected chi connectivity index (χ3v) is 2.41. The van der Waals surface area contributed by atoms with E-state index in [1.807, 2.05) is 38.7 Å². The Morgan fingerprint density at radius 2 is 2.10 bits per heavy atom.